The first-order valence-corrected chi connectivity index (χ1v) is 7.15. The van der Waals surface area contributed by atoms with Gasteiger partial charge in [-0.3, -0.25) is 0 Å². The third-order valence-corrected chi connectivity index (χ3v) is 4.18. The number of aryl methyl sites for hydroxylation is 1. The molecule has 0 bridgehead atoms. The molecule has 0 spiro atoms. The Morgan fingerprint density at radius 1 is 1.21 bits per heavy atom. The first-order chi connectivity index (χ1) is 9.16. The Balaban J connectivity index is 2.05. The molecule has 1 unspecified atom stereocenters. The van der Waals surface area contributed by atoms with Crippen LogP contribution in [-0.4, -0.2) is 11.7 Å². The lowest BCUT2D eigenvalue weighted by Gasteiger charge is -2.16. The van der Waals surface area contributed by atoms with E-state index in [4.69, 9.17) is 4.74 Å². The molecule has 2 aromatic rings. The molecule has 2 nitrogen and oxygen atoms in total. The Bertz CT molecular complexity index is 622. The van der Waals surface area contributed by atoms with E-state index in [1.165, 1.54) is 5.56 Å². The highest BCUT2D eigenvalue weighted by Crippen LogP contribution is 2.38. The summed E-state index contributed by atoms with van der Waals surface area (Å²) in [6.45, 7) is 2.73. The molecule has 98 valence electrons. The molecule has 0 fully saturated rings. The summed E-state index contributed by atoms with van der Waals surface area (Å²) in [7, 11) is 0. The number of benzene rings is 2. The van der Waals surface area contributed by atoms with Crippen molar-refractivity contribution in [3.63, 3.8) is 0 Å². The number of hydrogen-bond acceptors (Lipinski definition) is 2. The van der Waals surface area contributed by atoms with Crippen molar-refractivity contribution < 1.29 is 9.84 Å². The van der Waals surface area contributed by atoms with Crippen molar-refractivity contribution in [1.82, 2.24) is 0 Å². The molecule has 0 amide bonds. The average Bonchev–Trinajstić information content (AvgIpc) is 2.86. The molecule has 1 atom stereocenters. The molecular formula is C16H15BrO2. The highest BCUT2D eigenvalue weighted by molar-refractivity contribution is 9.10. The van der Waals surface area contributed by atoms with Crippen LogP contribution < -0.4 is 4.74 Å². The normalized spacial score (nSPS) is 14.9. The van der Waals surface area contributed by atoms with Crippen molar-refractivity contribution in [2.24, 2.45) is 0 Å². The van der Waals surface area contributed by atoms with Crippen LogP contribution >= 0.6 is 15.9 Å². The molecule has 0 radical (unpaired) electrons. The summed E-state index contributed by atoms with van der Waals surface area (Å²) in [6.07, 6.45) is 0.258. The monoisotopic (exact) mass is 318 g/mol. The molecule has 19 heavy (non-hydrogen) atoms. The molecule has 3 rings (SSSR count). The molecule has 1 aliphatic rings. The minimum atomic E-state index is -0.664. The van der Waals surface area contributed by atoms with E-state index in [-0.39, 0.29) is 0 Å². The van der Waals surface area contributed by atoms with E-state index >= 15 is 0 Å². The maximum Gasteiger partial charge on any atom is 0.128 e. The zero-order valence-corrected chi connectivity index (χ0v) is 12.3. The maximum absolute atomic E-state index is 10.6. The molecule has 0 saturated carbocycles. The van der Waals surface area contributed by atoms with Gasteiger partial charge in [-0.15, -0.1) is 0 Å². The van der Waals surface area contributed by atoms with Crippen LogP contribution in [0.2, 0.25) is 0 Å². The second-order valence-electron chi connectivity index (χ2n) is 4.86. The van der Waals surface area contributed by atoms with Gasteiger partial charge >= 0.3 is 0 Å². The van der Waals surface area contributed by atoms with Gasteiger partial charge in [-0.2, -0.15) is 0 Å². The third-order valence-electron chi connectivity index (χ3n) is 3.49. The van der Waals surface area contributed by atoms with Gasteiger partial charge in [-0.05, 0) is 29.7 Å². The van der Waals surface area contributed by atoms with Crippen LogP contribution in [0.4, 0.5) is 0 Å². The molecule has 1 heterocycles. The standard InChI is InChI=1S/C16H15BrO2/c1-10-5-6-12(14(17)9-10)15(18)13-4-2-3-11-7-8-19-16(11)13/h2-6,9,15,18H,7-8H2,1H3. The largest absolute Gasteiger partial charge is 0.493 e. The second kappa shape index (κ2) is 4.99. The highest BCUT2D eigenvalue weighted by Gasteiger charge is 2.22. The van der Waals surface area contributed by atoms with Crippen molar-refractivity contribution in [3.05, 3.63) is 63.1 Å². The summed E-state index contributed by atoms with van der Waals surface area (Å²) in [5.74, 6) is 0.850. The lowest BCUT2D eigenvalue weighted by atomic mass is 9.97. The van der Waals surface area contributed by atoms with Crippen molar-refractivity contribution >= 4 is 15.9 Å². The van der Waals surface area contributed by atoms with Crippen molar-refractivity contribution in [3.8, 4) is 5.75 Å². The van der Waals surface area contributed by atoms with Gasteiger partial charge in [0, 0.05) is 16.5 Å². The molecule has 2 aromatic carbocycles. The molecule has 0 aliphatic carbocycles. The lowest BCUT2D eigenvalue weighted by molar-refractivity contribution is 0.213. The van der Waals surface area contributed by atoms with Gasteiger partial charge < -0.3 is 9.84 Å². The number of halogens is 1. The first kappa shape index (κ1) is 12.7. The predicted octanol–water partition coefficient (Wildman–Crippen LogP) is 3.77. The van der Waals surface area contributed by atoms with Gasteiger partial charge in [0.2, 0.25) is 0 Å². The summed E-state index contributed by atoms with van der Waals surface area (Å²) in [4.78, 5) is 0. The van der Waals surface area contributed by atoms with Crippen LogP contribution in [0.5, 0.6) is 5.75 Å². The van der Waals surface area contributed by atoms with E-state index in [0.29, 0.717) is 6.61 Å². The number of fused-ring (bicyclic) bond motifs is 1. The van der Waals surface area contributed by atoms with Crippen LogP contribution in [0.3, 0.4) is 0 Å². The number of aliphatic hydroxyl groups excluding tert-OH is 1. The quantitative estimate of drug-likeness (QED) is 0.913. The third kappa shape index (κ3) is 2.28. The lowest BCUT2D eigenvalue weighted by Crippen LogP contribution is -2.03. The van der Waals surface area contributed by atoms with Crippen LogP contribution in [0, 0.1) is 6.92 Å². The smallest absolute Gasteiger partial charge is 0.128 e. The van der Waals surface area contributed by atoms with Crippen LogP contribution in [0.1, 0.15) is 28.4 Å². The van der Waals surface area contributed by atoms with Gasteiger partial charge in [0.15, 0.2) is 0 Å². The second-order valence-corrected chi connectivity index (χ2v) is 5.72. The summed E-state index contributed by atoms with van der Waals surface area (Å²) in [5, 5.41) is 10.6. The molecule has 0 aromatic heterocycles. The summed E-state index contributed by atoms with van der Waals surface area (Å²) >= 11 is 3.52. The molecule has 3 heteroatoms. The van der Waals surface area contributed by atoms with Crippen LogP contribution in [0.15, 0.2) is 40.9 Å². The Kier molecular flexibility index (Phi) is 3.33. The summed E-state index contributed by atoms with van der Waals surface area (Å²) in [5.41, 5.74) is 4.06. The zero-order valence-electron chi connectivity index (χ0n) is 10.7. The molecular weight excluding hydrogens is 304 g/mol. The Hall–Kier alpha value is -1.32. The van der Waals surface area contributed by atoms with Gasteiger partial charge in [-0.1, -0.05) is 46.3 Å². The van der Waals surface area contributed by atoms with Gasteiger partial charge in [0.1, 0.15) is 11.9 Å². The fraction of sp³-hybridized carbons (Fsp3) is 0.250. The fourth-order valence-electron chi connectivity index (χ4n) is 2.48. The minimum absolute atomic E-state index is 0.664. The topological polar surface area (TPSA) is 29.5 Å². The van der Waals surface area contributed by atoms with E-state index in [1.54, 1.807) is 0 Å². The number of aliphatic hydroxyl groups is 1. The van der Waals surface area contributed by atoms with Crippen molar-refractivity contribution in [2.45, 2.75) is 19.4 Å². The van der Waals surface area contributed by atoms with Crippen LogP contribution in [-0.2, 0) is 6.42 Å². The Labute approximate surface area is 121 Å². The first-order valence-electron chi connectivity index (χ1n) is 6.35. The molecule has 0 saturated heterocycles. The number of para-hydroxylation sites is 1. The summed E-state index contributed by atoms with van der Waals surface area (Å²) < 4.78 is 6.59. The average molecular weight is 319 g/mol. The van der Waals surface area contributed by atoms with Crippen LogP contribution in [0.25, 0.3) is 0 Å². The Morgan fingerprint density at radius 2 is 2.05 bits per heavy atom. The Morgan fingerprint density at radius 3 is 2.84 bits per heavy atom. The highest BCUT2D eigenvalue weighted by atomic mass is 79.9. The SMILES string of the molecule is Cc1ccc(C(O)c2cccc3c2OCC3)c(Br)c1. The van der Waals surface area contributed by atoms with E-state index < -0.39 is 6.10 Å². The van der Waals surface area contributed by atoms with Gasteiger partial charge in [0.05, 0.1) is 6.61 Å². The predicted molar refractivity (Wildman–Crippen MR) is 78.6 cm³/mol. The number of rotatable bonds is 2. The minimum Gasteiger partial charge on any atom is -0.493 e. The fourth-order valence-corrected chi connectivity index (χ4v) is 3.19. The van der Waals surface area contributed by atoms with Crippen molar-refractivity contribution in [1.29, 1.82) is 0 Å². The number of ether oxygens (including phenoxy) is 1. The van der Waals surface area contributed by atoms with E-state index in [0.717, 1.165) is 33.3 Å². The molecule has 1 N–H and O–H groups in total. The summed E-state index contributed by atoms with van der Waals surface area (Å²) in [6, 6.07) is 12.0. The zero-order chi connectivity index (χ0) is 13.4. The number of hydrogen-bond donors (Lipinski definition) is 1. The van der Waals surface area contributed by atoms with Gasteiger partial charge in [-0.25, -0.2) is 0 Å². The van der Waals surface area contributed by atoms with E-state index in [9.17, 15) is 5.11 Å². The molecule has 1 aliphatic heterocycles. The van der Waals surface area contributed by atoms with Gasteiger partial charge in [0.25, 0.3) is 0 Å². The van der Waals surface area contributed by atoms with E-state index in [1.807, 2.05) is 37.3 Å². The van der Waals surface area contributed by atoms with Crippen molar-refractivity contribution in [2.75, 3.05) is 6.61 Å². The van der Waals surface area contributed by atoms with E-state index in [2.05, 4.69) is 22.0 Å². The maximum atomic E-state index is 10.6.